The lowest BCUT2D eigenvalue weighted by molar-refractivity contribution is 0.0601. The zero-order valence-electron chi connectivity index (χ0n) is 11.0. The summed E-state index contributed by atoms with van der Waals surface area (Å²) in [5.41, 5.74) is 2.16. The van der Waals surface area contributed by atoms with Crippen molar-refractivity contribution in [3.8, 4) is 11.5 Å². The molecule has 0 unspecified atom stereocenters. The van der Waals surface area contributed by atoms with E-state index in [0.29, 0.717) is 12.1 Å². The Morgan fingerprint density at radius 1 is 1.10 bits per heavy atom. The van der Waals surface area contributed by atoms with Crippen molar-refractivity contribution in [1.29, 1.82) is 0 Å². The van der Waals surface area contributed by atoms with Gasteiger partial charge in [0.25, 0.3) is 0 Å². The molecule has 0 atom stereocenters. The van der Waals surface area contributed by atoms with Crippen LogP contribution in [0.5, 0.6) is 11.5 Å². The molecule has 0 heterocycles. The highest BCUT2D eigenvalue weighted by atomic mass is 16.5. The molecule has 2 aromatic rings. The van der Waals surface area contributed by atoms with Crippen LogP contribution in [0.1, 0.15) is 15.9 Å². The minimum absolute atomic E-state index is 0.142. The number of carbonyl (C=O) groups is 1. The van der Waals surface area contributed by atoms with Gasteiger partial charge in [-0.05, 0) is 42.0 Å². The average Bonchev–Trinajstić information content (AvgIpc) is 2.48. The zero-order chi connectivity index (χ0) is 14.5. The van der Waals surface area contributed by atoms with E-state index < -0.39 is 0 Å². The normalized spacial score (nSPS) is 10.1. The van der Waals surface area contributed by atoms with Crippen LogP contribution in [-0.2, 0) is 11.3 Å². The first-order valence-corrected chi connectivity index (χ1v) is 6.03. The highest BCUT2D eigenvalue weighted by Gasteiger charge is 2.04. The highest BCUT2D eigenvalue weighted by Crippen LogP contribution is 2.25. The van der Waals surface area contributed by atoms with Gasteiger partial charge in [0.2, 0.25) is 0 Å². The van der Waals surface area contributed by atoms with E-state index in [-0.39, 0.29) is 17.5 Å². The second-order valence-electron chi connectivity index (χ2n) is 4.25. The number of esters is 1. The van der Waals surface area contributed by atoms with E-state index in [9.17, 15) is 15.0 Å². The predicted octanol–water partition coefficient (Wildman–Crippen LogP) is 2.50. The highest BCUT2D eigenvalue weighted by molar-refractivity contribution is 5.89. The monoisotopic (exact) mass is 273 g/mol. The molecule has 0 aliphatic carbocycles. The van der Waals surface area contributed by atoms with Crippen molar-refractivity contribution in [3.05, 3.63) is 53.6 Å². The van der Waals surface area contributed by atoms with E-state index >= 15 is 0 Å². The van der Waals surface area contributed by atoms with Gasteiger partial charge in [-0.3, -0.25) is 0 Å². The average molecular weight is 273 g/mol. The standard InChI is InChI=1S/C15H15NO4/c1-20-15(19)11-3-5-12(6-4-11)16-9-10-2-7-13(17)14(18)8-10/h2-8,16-18H,9H2,1H3. The summed E-state index contributed by atoms with van der Waals surface area (Å²) in [5, 5.41) is 21.8. The quantitative estimate of drug-likeness (QED) is 0.589. The molecule has 0 aliphatic rings. The molecule has 20 heavy (non-hydrogen) atoms. The SMILES string of the molecule is COC(=O)c1ccc(NCc2ccc(O)c(O)c2)cc1. The number of anilines is 1. The number of methoxy groups -OCH3 is 1. The van der Waals surface area contributed by atoms with Gasteiger partial charge in [-0.25, -0.2) is 4.79 Å². The first kappa shape index (κ1) is 13.7. The smallest absolute Gasteiger partial charge is 0.337 e. The summed E-state index contributed by atoms with van der Waals surface area (Å²) >= 11 is 0. The van der Waals surface area contributed by atoms with Gasteiger partial charge in [0.1, 0.15) is 0 Å². The number of hydrogen-bond acceptors (Lipinski definition) is 5. The number of ether oxygens (including phenoxy) is 1. The van der Waals surface area contributed by atoms with Gasteiger partial charge >= 0.3 is 5.97 Å². The largest absolute Gasteiger partial charge is 0.504 e. The lowest BCUT2D eigenvalue weighted by Gasteiger charge is -2.08. The van der Waals surface area contributed by atoms with Crippen LogP contribution in [0.3, 0.4) is 0 Å². The minimum atomic E-state index is -0.375. The van der Waals surface area contributed by atoms with Crippen molar-refractivity contribution in [3.63, 3.8) is 0 Å². The Morgan fingerprint density at radius 3 is 2.40 bits per heavy atom. The molecule has 0 aromatic heterocycles. The van der Waals surface area contributed by atoms with Crippen molar-refractivity contribution in [1.82, 2.24) is 0 Å². The molecule has 0 spiro atoms. The molecule has 104 valence electrons. The Balaban J connectivity index is 2.00. The van der Waals surface area contributed by atoms with E-state index in [1.54, 1.807) is 30.3 Å². The second kappa shape index (κ2) is 5.97. The number of aromatic hydroxyl groups is 2. The maximum absolute atomic E-state index is 11.3. The van der Waals surface area contributed by atoms with Crippen molar-refractivity contribution < 1.29 is 19.7 Å². The number of rotatable bonds is 4. The zero-order valence-corrected chi connectivity index (χ0v) is 11.0. The summed E-state index contributed by atoms with van der Waals surface area (Å²) in [6.07, 6.45) is 0. The van der Waals surface area contributed by atoms with Gasteiger partial charge in [-0.2, -0.15) is 0 Å². The third kappa shape index (κ3) is 3.20. The predicted molar refractivity (Wildman–Crippen MR) is 74.9 cm³/mol. The van der Waals surface area contributed by atoms with Crippen LogP contribution in [0.4, 0.5) is 5.69 Å². The van der Waals surface area contributed by atoms with Gasteiger partial charge in [-0.15, -0.1) is 0 Å². The third-order valence-electron chi connectivity index (χ3n) is 2.84. The van der Waals surface area contributed by atoms with E-state index in [1.807, 2.05) is 0 Å². The Morgan fingerprint density at radius 2 is 1.80 bits per heavy atom. The number of phenolic OH excluding ortho intramolecular Hbond substituents is 2. The summed E-state index contributed by atoms with van der Waals surface area (Å²) < 4.78 is 4.62. The van der Waals surface area contributed by atoms with Crippen molar-refractivity contribution in [2.45, 2.75) is 6.54 Å². The summed E-state index contributed by atoms with van der Waals surface area (Å²) in [7, 11) is 1.34. The fourth-order valence-electron chi connectivity index (χ4n) is 1.73. The summed E-state index contributed by atoms with van der Waals surface area (Å²) in [6.45, 7) is 0.491. The fourth-order valence-corrected chi connectivity index (χ4v) is 1.73. The van der Waals surface area contributed by atoms with Crippen molar-refractivity contribution >= 4 is 11.7 Å². The van der Waals surface area contributed by atoms with Gasteiger partial charge in [0.05, 0.1) is 12.7 Å². The molecule has 2 rings (SSSR count). The topological polar surface area (TPSA) is 78.8 Å². The number of hydrogen-bond donors (Lipinski definition) is 3. The van der Waals surface area contributed by atoms with Gasteiger partial charge in [0.15, 0.2) is 11.5 Å². The molecule has 0 bridgehead atoms. The van der Waals surface area contributed by atoms with Crippen LogP contribution in [-0.4, -0.2) is 23.3 Å². The van der Waals surface area contributed by atoms with E-state index in [0.717, 1.165) is 11.3 Å². The van der Waals surface area contributed by atoms with Crippen LogP contribution in [0.2, 0.25) is 0 Å². The molecular formula is C15H15NO4. The molecule has 5 heteroatoms. The Kier molecular flexibility index (Phi) is 4.10. The number of nitrogens with one attached hydrogen (secondary N) is 1. The maximum atomic E-state index is 11.3. The molecule has 0 saturated heterocycles. The van der Waals surface area contributed by atoms with Gasteiger partial charge in [0, 0.05) is 12.2 Å². The Bertz CT molecular complexity index is 608. The lowest BCUT2D eigenvalue weighted by atomic mass is 10.2. The van der Waals surface area contributed by atoms with Crippen LogP contribution in [0.15, 0.2) is 42.5 Å². The van der Waals surface area contributed by atoms with Gasteiger partial charge in [-0.1, -0.05) is 6.07 Å². The molecule has 0 radical (unpaired) electrons. The van der Waals surface area contributed by atoms with E-state index in [1.165, 1.54) is 19.2 Å². The number of phenols is 2. The minimum Gasteiger partial charge on any atom is -0.504 e. The van der Waals surface area contributed by atoms with Crippen LogP contribution in [0.25, 0.3) is 0 Å². The molecule has 0 aliphatic heterocycles. The number of carbonyl (C=O) groups excluding carboxylic acids is 1. The summed E-state index contributed by atoms with van der Waals surface area (Å²) in [6, 6.07) is 11.5. The Hall–Kier alpha value is -2.69. The molecule has 2 aromatic carbocycles. The first-order valence-electron chi connectivity index (χ1n) is 6.03. The van der Waals surface area contributed by atoms with E-state index in [4.69, 9.17) is 0 Å². The fraction of sp³-hybridized carbons (Fsp3) is 0.133. The molecule has 0 fully saturated rings. The number of benzene rings is 2. The van der Waals surface area contributed by atoms with Gasteiger partial charge < -0.3 is 20.3 Å². The Labute approximate surface area is 116 Å². The third-order valence-corrected chi connectivity index (χ3v) is 2.84. The molecule has 0 amide bonds. The van der Waals surface area contributed by atoms with Crippen molar-refractivity contribution in [2.24, 2.45) is 0 Å². The lowest BCUT2D eigenvalue weighted by Crippen LogP contribution is -2.02. The van der Waals surface area contributed by atoms with Crippen LogP contribution < -0.4 is 5.32 Å². The summed E-state index contributed by atoms with van der Waals surface area (Å²) in [4.78, 5) is 11.3. The van der Waals surface area contributed by atoms with Crippen molar-refractivity contribution in [2.75, 3.05) is 12.4 Å². The first-order chi connectivity index (χ1) is 9.60. The van der Waals surface area contributed by atoms with Crippen LogP contribution in [0, 0.1) is 0 Å². The molecular weight excluding hydrogens is 258 g/mol. The second-order valence-corrected chi connectivity index (χ2v) is 4.25. The maximum Gasteiger partial charge on any atom is 0.337 e. The molecule has 0 saturated carbocycles. The summed E-state index contributed by atoms with van der Waals surface area (Å²) in [5.74, 6) is -0.665. The molecule has 3 N–H and O–H groups in total. The van der Waals surface area contributed by atoms with Crippen LogP contribution >= 0.6 is 0 Å². The van der Waals surface area contributed by atoms with E-state index in [2.05, 4.69) is 10.1 Å². The molecule has 5 nitrogen and oxygen atoms in total.